The van der Waals surface area contributed by atoms with E-state index in [4.69, 9.17) is 11.6 Å². The molecule has 0 saturated heterocycles. The standard InChI is InChI=1S/C11H8ClF2NO/c12-7-1-2-8(13)10(11(7)14)6-3-4-15-9(16)5-6/h1-2,5H,3-4H2,(H,15,16). The first-order valence-electron chi connectivity index (χ1n) is 4.72. The Bertz CT molecular complexity index is 485. The molecule has 0 aliphatic carbocycles. The van der Waals surface area contributed by atoms with Crippen LogP contribution in [0.1, 0.15) is 12.0 Å². The van der Waals surface area contributed by atoms with Crippen molar-refractivity contribution in [3.8, 4) is 0 Å². The van der Waals surface area contributed by atoms with Crippen molar-refractivity contribution in [3.05, 3.63) is 40.4 Å². The second-order valence-electron chi connectivity index (χ2n) is 3.43. The summed E-state index contributed by atoms with van der Waals surface area (Å²) in [6.07, 6.45) is 1.58. The molecule has 1 N–H and O–H groups in total. The number of halogens is 3. The van der Waals surface area contributed by atoms with Gasteiger partial charge in [0, 0.05) is 12.6 Å². The predicted molar refractivity (Wildman–Crippen MR) is 57.0 cm³/mol. The Hall–Kier alpha value is -1.42. The van der Waals surface area contributed by atoms with Crippen LogP contribution in [0.2, 0.25) is 5.02 Å². The summed E-state index contributed by atoms with van der Waals surface area (Å²) in [5.41, 5.74) is 0.128. The Labute approximate surface area is 95.9 Å². The first-order chi connectivity index (χ1) is 7.59. The van der Waals surface area contributed by atoms with E-state index in [1.165, 1.54) is 6.08 Å². The van der Waals surface area contributed by atoms with Gasteiger partial charge in [0.15, 0.2) is 5.82 Å². The molecular weight excluding hydrogens is 236 g/mol. The lowest BCUT2D eigenvalue weighted by atomic mass is 9.99. The molecule has 1 amide bonds. The van der Waals surface area contributed by atoms with Crippen molar-refractivity contribution in [3.63, 3.8) is 0 Å². The number of nitrogens with one attached hydrogen (secondary N) is 1. The third-order valence-electron chi connectivity index (χ3n) is 2.36. The smallest absolute Gasteiger partial charge is 0.244 e. The molecule has 1 aromatic carbocycles. The highest BCUT2D eigenvalue weighted by Crippen LogP contribution is 2.29. The number of hydrogen-bond donors (Lipinski definition) is 1. The molecule has 0 radical (unpaired) electrons. The number of benzene rings is 1. The van der Waals surface area contributed by atoms with Crippen molar-refractivity contribution in [2.75, 3.05) is 6.54 Å². The van der Waals surface area contributed by atoms with E-state index in [2.05, 4.69) is 5.32 Å². The van der Waals surface area contributed by atoms with Gasteiger partial charge in [0.1, 0.15) is 5.82 Å². The average Bonchev–Trinajstić information content (AvgIpc) is 2.24. The van der Waals surface area contributed by atoms with E-state index in [9.17, 15) is 13.6 Å². The van der Waals surface area contributed by atoms with Gasteiger partial charge >= 0.3 is 0 Å². The fraction of sp³-hybridized carbons (Fsp3) is 0.182. The zero-order valence-electron chi connectivity index (χ0n) is 8.19. The first kappa shape index (κ1) is 11.1. The van der Waals surface area contributed by atoms with Gasteiger partial charge in [-0.15, -0.1) is 0 Å². The molecule has 0 fully saturated rings. The van der Waals surface area contributed by atoms with E-state index >= 15 is 0 Å². The van der Waals surface area contributed by atoms with Crippen molar-refractivity contribution in [2.24, 2.45) is 0 Å². The average molecular weight is 244 g/mol. The molecule has 2 rings (SSSR count). The fourth-order valence-electron chi connectivity index (χ4n) is 1.62. The lowest BCUT2D eigenvalue weighted by Crippen LogP contribution is -2.27. The molecule has 1 aliphatic rings. The summed E-state index contributed by atoms with van der Waals surface area (Å²) in [4.78, 5) is 11.1. The molecule has 1 aromatic rings. The highest BCUT2D eigenvalue weighted by Gasteiger charge is 2.19. The van der Waals surface area contributed by atoms with Crippen LogP contribution in [-0.4, -0.2) is 12.5 Å². The molecular formula is C11H8ClF2NO. The summed E-state index contributed by atoms with van der Waals surface area (Å²) in [6, 6.07) is 2.24. The second kappa shape index (κ2) is 4.22. The zero-order chi connectivity index (χ0) is 11.7. The predicted octanol–water partition coefficient (Wildman–Crippen LogP) is 2.52. The molecule has 0 saturated carbocycles. The highest BCUT2D eigenvalue weighted by molar-refractivity contribution is 6.31. The fourth-order valence-corrected chi connectivity index (χ4v) is 1.78. The minimum absolute atomic E-state index is 0.150. The lowest BCUT2D eigenvalue weighted by molar-refractivity contribution is -0.116. The molecule has 0 spiro atoms. The van der Waals surface area contributed by atoms with E-state index < -0.39 is 11.6 Å². The summed E-state index contributed by atoms with van der Waals surface area (Å²) in [5.74, 6) is -1.87. The minimum atomic E-state index is -0.817. The van der Waals surface area contributed by atoms with E-state index in [1.807, 2.05) is 0 Å². The van der Waals surface area contributed by atoms with E-state index in [0.717, 1.165) is 12.1 Å². The lowest BCUT2D eigenvalue weighted by Gasteiger charge is -2.15. The van der Waals surface area contributed by atoms with Gasteiger partial charge in [-0.2, -0.15) is 0 Å². The zero-order valence-corrected chi connectivity index (χ0v) is 8.94. The summed E-state index contributed by atoms with van der Waals surface area (Å²) in [7, 11) is 0. The summed E-state index contributed by atoms with van der Waals surface area (Å²) < 4.78 is 27.1. The molecule has 0 aromatic heterocycles. The summed E-state index contributed by atoms with van der Waals surface area (Å²) in [5, 5.41) is 2.39. The maximum absolute atomic E-state index is 13.6. The van der Waals surface area contributed by atoms with Gasteiger partial charge in [-0.25, -0.2) is 8.78 Å². The first-order valence-corrected chi connectivity index (χ1v) is 5.09. The van der Waals surface area contributed by atoms with Crippen LogP contribution in [0.25, 0.3) is 5.57 Å². The summed E-state index contributed by atoms with van der Waals surface area (Å²) in [6.45, 7) is 0.371. The maximum Gasteiger partial charge on any atom is 0.244 e. The minimum Gasteiger partial charge on any atom is -0.352 e. The van der Waals surface area contributed by atoms with Crippen LogP contribution in [0.3, 0.4) is 0 Å². The SMILES string of the molecule is O=C1C=C(c2c(F)ccc(Cl)c2F)CCN1. The summed E-state index contributed by atoms with van der Waals surface area (Å²) >= 11 is 5.57. The van der Waals surface area contributed by atoms with Gasteiger partial charge in [-0.05, 0) is 24.1 Å². The Morgan fingerprint density at radius 1 is 1.31 bits per heavy atom. The van der Waals surface area contributed by atoms with Crippen molar-refractivity contribution in [1.29, 1.82) is 0 Å². The molecule has 2 nitrogen and oxygen atoms in total. The van der Waals surface area contributed by atoms with E-state index in [-0.39, 0.29) is 16.5 Å². The molecule has 5 heteroatoms. The van der Waals surface area contributed by atoms with Gasteiger partial charge in [0.2, 0.25) is 5.91 Å². The molecule has 0 unspecified atom stereocenters. The monoisotopic (exact) mass is 243 g/mol. The van der Waals surface area contributed by atoms with Crippen LogP contribution in [-0.2, 0) is 4.79 Å². The van der Waals surface area contributed by atoms with Crippen molar-refractivity contribution >= 4 is 23.1 Å². The molecule has 16 heavy (non-hydrogen) atoms. The second-order valence-corrected chi connectivity index (χ2v) is 3.84. The van der Waals surface area contributed by atoms with Crippen LogP contribution in [0.5, 0.6) is 0 Å². The third kappa shape index (κ3) is 1.93. The van der Waals surface area contributed by atoms with Gasteiger partial charge in [-0.1, -0.05) is 11.6 Å². The van der Waals surface area contributed by atoms with Crippen LogP contribution >= 0.6 is 11.6 Å². The van der Waals surface area contributed by atoms with Crippen molar-refractivity contribution < 1.29 is 13.6 Å². The van der Waals surface area contributed by atoms with Crippen LogP contribution in [0.15, 0.2) is 18.2 Å². The highest BCUT2D eigenvalue weighted by atomic mass is 35.5. The van der Waals surface area contributed by atoms with Gasteiger partial charge in [-0.3, -0.25) is 4.79 Å². The van der Waals surface area contributed by atoms with Crippen LogP contribution < -0.4 is 5.32 Å². The number of carbonyl (C=O) groups excluding carboxylic acids is 1. The molecule has 1 aliphatic heterocycles. The molecule has 0 bridgehead atoms. The van der Waals surface area contributed by atoms with Gasteiger partial charge in [0.05, 0.1) is 10.6 Å². The number of rotatable bonds is 1. The maximum atomic E-state index is 13.6. The normalized spacial score (nSPS) is 15.7. The Morgan fingerprint density at radius 3 is 2.75 bits per heavy atom. The third-order valence-corrected chi connectivity index (χ3v) is 2.66. The van der Waals surface area contributed by atoms with Crippen molar-refractivity contribution in [2.45, 2.75) is 6.42 Å². The van der Waals surface area contributed by atoms with Gasteiger partial charge < -0.3 is 5.32 Å². The van der Waals surface area contributed by atoms with Crippen molar-refractivity contribution in [1.82, 2.24) is 5.32 Å². The van der Waals surface area contributed by atoms with Crippen LogP contribution in [0.4, 0.5) is 8.78 Å². The molecule has 84 valence electrons. The van der Waals surface area contributed by atoms with Gasteiger partial charge in [0.25, 0.3) is 0 Å². The Morgan fingerprint density at radius 2 is 2.06 bits per heavy atom. The number of amides is 1. The van der Waals surface area contributed by atoms with E-state index in [1.54, 1.807) is 0 Å². The largest absolute Gasteiger partial charge is 0.352 e. The number of carbonyl (C=O) groups is 1. The molecule has 1 heterocycles. The van der Waals surface area contributed by atoms with E-state index in [0.29, 0.717) is 18.5 Å². The quantitative estimate of drug-likeness (QED) is 0.755. The Kier molecular flexibility index (Phi) is 2.92. The van der Waals surface area contributed by atoms with Crippen LogP contribution in [0, 0.1) is 11.6 Å². The Balaban J connectivity index is 2.55. The number of hydrogen-bond acceptors (Lipinski definition) is 1. The topological polar surface area (TPSA) is 29.1 Å². The molecule has 0 atom stereocenters.